The molecule has 0 spiro atoms. The van der Waals surface area contributed by atoms with Crippen LogP contribution in [0.25, 0.3) is 0 Å². The van der Waals surface area contributed by atoms with E-state index >= 15 is 0 Å². The van der Waals surface area contributed by atoms with Crippen LogP contribution in [-0.2, 0) is 9.59 Å². The van der Waals surface area contributed by atoms with Crippen LogP contribution in [0.2, 0.25) is 0 Å². The lowest BCUT2D eigenvalue weighted by molar-refractivity contribution is -0.135. The van der Waals surface area contributed by atoms with E-state index in [-0.39, 0.29) is 23.8 Å². The highest BCUT2D eigenvalue weighted by Crippen LogP contribution is 2.29. The second-order valence-corrected chi connectivity index (χ2v) is 7.21. The molecule has 27 heavy (non-hydrogen) atoms. The molecular formula is C22H27N3O2. The third-order valence-corrected chi connectivity index (χ3v) is 5.10. The summed E-state index contributed by atoms with van der Waals surface area (Å²) in [7, 11) is 3.58. The number of carbonyl (C=O) groups excluding carboxylic acids is 2. The van der Waals surface area contributed by atoms with Gasteiger partial charge in [-0.25, -0.2) is 0 Å². The van der Waals surface area contributed by atoms with Crippen molar-refractivity contribution < 1.29 is 9.59 Å². The summed E-state index contributed by atoms with van der Waals surface area (Å²) in [4.78, 5) is 29.2. The van der Waals surface area contributed by atoms with Gasteiger partial charge in [0, 0.05) is 25.7 Å². The Morgan fingerprint density at radius 2 is 1.52 bits per heavy atom. The molecule has 1 atom stereocenters. The molecule has 0 aliphatic carbocycles. The third-order valence-electron chi connectivity index (χ3n) is 5.10. The van der Waals surface area contributed by atoms with Crippen molar-refractivity contribution >= 4 is 17.5 Å². The molecule has 0 radical (unpaired) electrons. The Balaban J connectivity index is 1.65. The molecule has 1 heterocycles. The van der Waals surface area contributed by atoms with Gasteiger partial charge in [-0.3, -0.25) is 14.5 Å². The summed E-state index contributed by atoms with van der Waals surface area (Å²) in [5.41, 5.74) is 1.83. The summed E-state index contributed by atoms with van der Waals surface area (Å²) >= 11 is 0. The number of rotatable bonds is 5. The van der Waals surface area contributed by atoms with Crippen molar-refractivity contribution in [2.75, 3.05) is 32.5 Å². The fraction of sp³-hybridized carbons (Fsp3) is 0.364. The zero-order chi connectivity index (χ0) is 19.2. The second kappa shape index (κ2) is 8.82. The van der Waals surface area contributed by atoms with E-state index in [1.54, 1.807) is 19.0 Å². The summed E-state index contributed by atoms with van der Waals surface area (Å²) in [5, 5.41) is 3.00. The molecule has 1 aliphatic heterocycles. The Morgan fingerprint density at radius 1 is 0.963 bits per heavy atom. The SMILES string of the molecule is CN(C)C(=O)[C@@H](c1ccccc1)N1CCC(C(=O)Nc2ccccc2)CC1. The topological polar surface area (TPSA) is 52.7 Å². The van der Waals surface area contributed by atoms with Gasteiger partial charge < -0.3 is 10.2 Å². The van der Waals surface area contributed by atoms with Gasteiger partial charge in [0.05, 0.1) is 0 Å². The van der Waals surface area contributed by atoms with Crippen LogP contribution in [0.3, 0.4) is 0 Å². The first kappa shape index (κ1) is 19.1. The summed E-state index contributed by atoms with van der Waals surface area (Å²) in [6.45, 7) is 1.46. The molecule has 1 aliphatic rings. The molecule has 3 rings (SSSR count). The summed E-state index contributed by atoms with van der Waals surface area (Å²) < 4.78 is 0. The minimum atomic E-state index is -0.292. The maximum atomic E-state index is 12.8. The molecule has 0 bridgehead atoms. The van der Waals surface area contributed by atoms with Gasteiger partial charge in [-0.2, -0.15) is 0 Å². The Labute approximate surface area is 161 Å². The standard InChI is InChI=1S/C22H27N3O2/c1-24(2)22(27)20(17-9-5-3-6-10-17)25-15-13-18(14-16-25)21(26)23-19-11-7-4-8-12-19/h3-12,18,20H,13-16H2,1-2H3,(H,23,26)/t20-/m1/s1. The number of nitrogens with zero attached hydrogens (tertiary/aromatic N) is 2. The van der Waals surface area contributed by atoms with Crippen molar-refractivity contribution in [2.45, 2.75) is 18.9 Å². The Bertz CT molecular complexity index is 754. The predicted molar refractivity (Wildman–Crippen MR) is 107 cm³/mol. The zero-order valence-electron chi connectivity index (χ0n) is 16.0. The largest absolute Gasteiger partial charge is 0.347 e. The maximum Gasteiger partial charge on any atom is 0.244 e. The fourth-order valence-electron chi connectivity index (χ4n) is 3.58. The van der Waals surface area contributed by atoms with Gasteiger partial charge in [-0.1, -0.05) is 48.5 Å². The number of hydrogen-bond acceptors (Lipinski definition) is 3. The summed E-state index contributed by atoms with van der Waals surface area (Å²) in [6, 6.07) is 19.1. The van der Waals surface area contributed by atoms with E-state index in [0.717, 1.165) is 37.2 Å². The van der Waals surface area contributed by atoms with Gasteiger partial charge in [-0.05, 0) is 43.6 Å². The van der Waals surface area contributed by atoms with Crippen LogP contribution in [0.4, 0.5) is 5.69 Å². The lowest BCUT2D eigenvalue weighted by atomic mass is 9.93. The van der Waals surface area contributed by atoms with Crippen molar-refractivity contribution in [3.05, 3.63) is 66.2 Å². The van der Waals surface area contributed by atoms with E-state index in [4.69, 9.17) is 0 Å². The number of hydrogen-bond donors (Lipinski definition) is 1. The number of nitrogens with one attached hydrogen (secondary N) is 1. The van der Waals surface area contributed by atoms with Crippen LogP contribution in [0.15, 0.2) is 60.7 Å². The predicted octanol–water partition coefficient (Wildman–Crippen LogP) is 3.17. The Morgan fingerprint density at radius 3 is 2.07 bits per heavy atom. The summed E-state index contributed by atoms with van der Waals surface area (Å²) in [6.07, 6.45) is 1.51. The van der Waals surface area contributed by atoms with Gasteiger partial charge in [0.25, 0.3) is 0 Å². The molecule has 5 nitrogen and oxygen atoms in total. The lowest BCUT2D eigenvalue weighted by Gasteiger charge is -2.37. The minimum absolute atomic E-state index is 0.0210. The highest BCUT2D eigenvalue weighted by molar-refractivity contribution is 5.92. The second-order valence-electron chi connectivity index (χ2n) is 7.21. The maximum absolute atomic E-state index is 12.8. The highest BCUT2D eigenvalue weighted by Gasteiger charge is 2.33. The average Bonchev–Trinajstić information content (AvgIpc) is 2.70. The number of amides is 2. The number of carbonyl (C=O) groups is 2. The number of piperidine rings is 1. The quantitative estimate of drug-likeness (QED) is 0.885. The van der Waals surface area contributed by atoms with E-state index in [1.807, 2.05) is 60.7 Å². The molecule has 1 fully saturated rings. The number of likely N-dealkylation sites (tertiary alicyclic amines) is 1. The van der Waals surface area contributed by atoms with Gasteiger partial charge in [0.2, 0.25) is 11.8 Å². The van der Waals surface area contributed by atoms with Crippen molar-refractivity contribution in [1.29, 1.82) is 0 Å². The first-order chi connectivity index (χ1) is 13.1. The monoisotopic (exact) mass is 365 g/mol. The van der Waals surface area contributed by atoms with Crippen molar-refractivity contribution in [3.8, 4) is 0 Å². The van der Waals surface area contributed by atoms with Crippen LogP contribution in [0.1, 0.15) is 24.4 Å². The van der Waals surface area contributed by atoms with Gasteiger partial charge in [0.1, 0.15) is 6.04 Å². The molecule has 5 heteroatoms. The molecule has 0 saturated carbocycles. The number of anilines is 1. The minimum Gasteiger partial charge on any atom is -0.347 e. The lowest BCUT2D eigenvalue weighted by Crippen LogP contribution is -2.45. The third kappa shape index (κ3) is 4.74. The van der Waals surface area contributed by atoms with Crippen molar-refractivity contribution in [1.82, 2.24) is 9.80 Å². The van der Waals surface area contributed by atoms with E-state index in [0.29, 0.717) is 0 Å². The molecular weight excluding hydrogens is 338 g/mol. The van der Waals surface area contributed by atoms with Crippen molar-refractivity contribution in [2.24, 2.45) is 5.92 Å². The molecule has 0 aromatic heterocycles. The van der Waals surface area contributed by atoms with E-state index in [2.05, 4.69) is 10.2 Å². The van der Waals surface area contributed by atoms with E-state index < -0.39 is 0 Å². The molecule has 0 unspecified atom stereocenters. The first-order valence-corrected chi connectivity index (χ1v) is 9.42. The Hall–Kier alpha value is -2.66. The molecule has 2 aromatic carbocycles. The Kier molecular flexibility index (Phi) is 6.24. The first-order valence-electron chi connectivity index (χ1n) is 9.42. The van der Waals surface area contributed by atoms with E-state index in [9.17, 15) is 9.59 Å². The molecule has 1 saturated heterocycles. The van der Waals surface area contributed by atoms with Crippen molar-refractivity contribution in [3.63, 3.8) is 0 Å². The number of benzene rings is 2. The van der Waals surface area contributed by atoms with Crippen LogP contribution < -0.4 is 5.32 Å². The number of likely N-dealkylation sites (N-methyl/N-ethyl adjacent to an activating group) is 1. The molecule has 2 aromatic rings. The smallest absolute Gasteiger partial charge is 0.244 e. The van der Waals surface area contributed by atoms with Crippen LogP contribution >= 0.6 is 0 Å². The van der Waals surface area contributed by atoms with Gasteiger partial charge >= 0.3 is 0 Å². The summed E-state index contributed by atoms with van der Waals surface area (Å²) in [5.74, 6) is 0.122. The normalized spacial score (nSPS) is 16.5. The molecule has 1 N–H and O–H groups in total. The van der Waals surface area contributed by atoms with Gasteiger partial charge in [-0.15, -0.1) is 0 Å². The highest BCUT2D eigenvalue weighted by atomic mass is 16.2. The van der Waals surface area contributed by atoms with Crippen LogP contribution in [-0.4, -0.2) is 48.8 Å². The number of para-hydroxylation sites is 1. The van der Waals surface area contributed by atoms with Gasteiger partial charge in [0.15, 0.2) is 0 Å². The van der Waals surface area contributed by atoms with Crippen LogP contribution in [0.5, 0.6) is 0 Å². The zero-order valence-corrected chi connectivity index (χ0v) is 16.0. The van der Waals surface area contributed by atoms with E-state index in [1.165, 1.54) is 0 Å². The van der Waals surface area contributed by atoms with Crippen LogP contribution in [0, 0.1) is 5.92 Å². The molecule has 142 valence electrons. The molecule has 2 amide bonds. The average molecular weight is 365 g/mol. The fourth-order valence-corrected chi connectivity index (χ4v) is 3.58.